The highest BCUT2D eigenvalue weighted by molar-refractivity contribution is 7.40. The Kier molecular flexibility index (Phi) is 12.8. The predicted molar refractivity (Wildman–Crippen MR) is 222 cm³/mol. The first kappa shape index (κ1) is 38.5. The van der Waals surface area contributed by atoms with Crippen LogP contribution in [0.3, 0.4) is 0 Å². The molecule has 0 unspecified atom stereocenters. The van der Waals surface area contributed by atoms with Gasteiger partial charge in [0.25, 0.3) is 0 Å². The summed E-state index contributed by atoms with van der Waals surface area (Å²) in [5.74, 6) is 0. The Morgan fingerprint density at radius 2 is 0.345 bits per heavy atom. The lowest BCUT2D eigenvalue weighted by Gasteiger charge is -2.37. The van der Waals surface area contributed by atoms with E-state index in [1.54, 1.807) is 0 Å². The molecule has 0 heterocycles. The lowest BCUT2D eigenvalue weighted by atomic mass is 10.1. The number of quaternary nitrogens is 2. The molecule has 0 N–H and O–H groups in total. The Morgan fingerprint density at radius 3 is 0.436 bits per heavy atom. The minimum absolute atomic E-state index is 0. The fourth-order valence-corrected chi connectivity index (χ4v) is 7.00. The molecule has 0 saturated carbocycles. The monoisotopic (exact) mass is 740 g/mol. The van der Waals surface area contributed by atoms with Crippen molar-refractivity contribution < 1.29 is 20.7 Å². The van der Waals surface area contributed by atoms with Crippen LogP contribution in [-0.4, -0.2) is 0 Å². The van der Waals surface area contributed by atoms with Crippen molar-refractivity contribution in [3.63, 3.8) is 0 Å². The van der Waals surface area contributed by atoms with Gasteiger partial charge in [-0.3, -0.25) is 0 Å². The van der Waals surface area contributed by atoms with Crippen LogP contribution in [0.25, 0.3) is 0 Å². The maximum atomic E-state index is 8.55. The van der Waals surface area contributed by atoms with E-state index in [1.165, 1.54) is 45.5 Å². The first-order valence-corrected chi connectivity index (χ1v) is 19.3. The van der Waals surface area contributed by atoms with Gasteiger partial charge in [0.2, 0.25) is 0 Å². The Bertz CT molecular complexity index is 1860. The Hall–Kier alpha value is -6.21. The maximum Gasteiger partial charge on any atom is 1.00 e. The zero-order valence-corrected chi connectivity index (χ0v) is 31.0. The molecule has 55 heavy (non-hydrogen) atoms. The molecule has 7 heteroatoms. The standard InChI is InChI=1S/2C24H20N.H3O4P/c2*1-5-13-21(14-6-1)25(22-15-7-2-8-16-22,23-17-9-3-10-18-23)24-19-11-4-12-20-24;1-5(2,3)4/h2*1-20H;(H3,1,2,3,4)/q2*+1;/p-2. The highest BCUT2D eigenvalue weighted by Crippen LogP contribution is 2.52. The van der Waals surface area contributed by atoms with E-state index in [1.807, 2.05) is 0 Å². The zero-order valence-electron chi connectivity index (χ0n) is 31.1. The minimum Gasteiger partial charge on any atom is -0.822 e. The van der Waals surface area contributed by atoms with Crippen LogP contribution in [0.4, 0.5) is 45.5 Å². The fraction of sp³-hybridized carbons (Fsp3) is 0. The summed E-state index contributed by atoms with van der Waals surface area (Å²) in [4.78, 5) is 25.6. The molecule has 0 spiro atoms. The number of para-hydroxylation sites is 8. The lowest BCUT2D eigenvalue weighted by molar-refractivity contribution is -0.432. The Morgan fingerprint density at radius 1 is 0.255 bits per heavy atom. The van der Waals surface area contributed by atoms with Crippen LogP contribution in [0.1, 0.15) is 1.43 Å². The first-order chi connectivity index (χ1) is 26.8. The lowest BCUT2D eigenvalue weighted by Crippen LogP contribution is -2.33. The molecule has 0 fully saturated rings. The van der Waals surface area contributed by atoms with Gasteiger partial charge in [-0.2, -0.15) is 16.8 Å². The molecule has 8 aromatic carbocycles. The summed E-state index contributed by atoms with van der Waals surface area (Å²) in [5.41, 5.74) is 9.71. The number of nitrogens with zero attached hydrogens (tertiary/aromatic N) is 2. The highest BCUT2D eigenvalue weighted by Gasteiger charge is 2.40. The van der Waals surface area contributed by atoms with E-state index in [9.17, 15) is 0 Å². The smallest absolute Gasteiger partial charge is 0.822 e. The summed E-state index contributed by atoms with van der Waals surface area (Å²) >= 11 is 0. The van der Waals surface area contributed by atoms with Gasteiger partial charge < -0.3 is 19.2 Å². The van der Waals surface area contributed by atoms with Gasteiger partial charge in [-0.1, -0.05) is 146 Å². The van der Waals surface area contributed by atoms with Gasteiger partial charge in [0.05, 0.1) is 0 Å². The van der Waals surface area contributed by atoms with Gasteiger partial charge in [0, 0.05) is 97.1 Å². The third-order valence-electron chi connectivity index (χ3n) is 9.15. The molecule has 0 atom stereocenters. The van der Waals surface area contributed by atoms with Gasteiger partial charge >= 0.3 is 1.43 Å². The molecule has 0 saturated heterocycles. The van der Waals surface area contributed by atoms with Gasteiger partial charge in [-0.05, 0) is 0 Å². The molecule has 6 nitrogen and oxygen atoms in total. The van der Waals surface area contributed by atoms with Crippen LogP contribution in [0, 0.1) is 0 Å². The molecule has 0 aliphatic carbocycles. The molecule has 272 valence electrons. The van der Waals surface area contributed by atoms with E-state index in [-0.39, 0.29) is 1.43 Å². The van der Waals surface area contributed by atoms with Crippen LogP contribution in [-0.2, 0) is 4.57 Å². The number of hydrogen-bond donors (Lipinski definition) is 0. The van der Waals surface area contributed by atoms with Crippen molar-refractivity contribution in [1.82, 2.24) is 8.97 Å². The van der Waals surface area contributed by atoms with Crippen LogP contribution >= 0.6 is 7.82 Å². The molecular formula is C48H41N2O4P. The van der Waals surface area contributed by atoms with Crippen LogP contribution in [0.2, 0.25) is 0 Å². The van der Waals surface area contributed by atoms with E-state index in [0.717, 1.165) is 0 Å². The molecule has 0 amide bonds. The van der Waals surface area contributed by atoms with E-state index in [4.69, 9.17) is 19.2 Å². The van der Waals surface area contributed by atoms with Gasteiger partial charge in [-0.15, -0.1) is 0 Å². The quantitative estimate of drug-likeness (QED) is 0.115. The first-order valence-electron chi connectivity index (χ1n) is 17.8. The summed E-state index contributed by atoms with van der Waals surface area (Å²) in [7, 11) is -5.39. The van der Waals surface area contributed by atoms with Crippen LogP contribution in [0.15, 0.2) is 243 Å². The molecule has 8 aromatic rings. The molecular weight excluding hydrogens is 700 g/mol. The largest absolute Gasteiger partial charge is 1.00 e. The summed E-state index contributed by atoms with van der Waals surface area (Å²) < 4.78 is 9.67. The maximum absolute atomic E-state index is 8.55. The van der Waals surface area contributed by atoms with Crippen LogP contribution in [0.5, 0.6) is 0 Å². The minimum atomic E-state index is -5.39. The van der Waals surface area contributed by atoms with Crippen molar-refractivity contribution in [2.24, 2.45) is 0 Å². The number of benzene rings is 8. The fourth-order valence-electron chi connectivity index (χ4n) is 7.00. The molecule has 0 aliphatic rings. The number of rotatable bonds is 8. The summed E-state index contributed by atoms with van der Waals surface area (Å²) in [6.07, 6.45) is 0. The summed E-state index contributed by atoms with van der Waals surface area (Å²) in [6.45, 7) is 0. The normalized spacial score (nSPS) is 11.3. The number of hydrogen-bond acceptors (Lipinski definition) is 4. The van der Waals surface area contributed by atoms with Gasteiger partial charge in [0.15, 0.2) is 0 Å². The average Bonchev–Trinajstić information content (AvgIpc) is 3.24. The topological polar surface area (TPSA) is 86.2 Å². The number of phosphoric acid groups is 1. The van der Waals surface area contributed by atoms with E-state index < -0.39 is 7.82 Å². The van der Waals surface area contributed by atoms with Crippen molar-refractivity contribution in [2.45, 2.75) is 0 Å². The van der Waals surface area contributed by atoms with Crippen molar-refractivity contribution >= 4 is 53.3 Å². The average molecular weight is 741 g/mol. The van der Waals surface area contributed by atoms with Crippen molar-refractivity contribution in [1.29, 1.82) is 0 Å². The van der Waals surface area contributed by atoms with Crippen molar-refractivity contribution in [3.8, 4) is 0 Å². The van der Waals surface area contributed by atoms with Gasteiger partial charge in [-0.25, -0.2) is 0 Å². The van der Waals surface area contributed by atoms with Crippen molar-refractivity contribution in [2.75, 3.05) is 0 Å². The summed E-state index contributed by atoms with van der Waals surface area (Å²) in [5, 5.41) is 0. The third kappa shape index (κ3) is 8.95. The second-order valence-corrected chi connectivity index (χ2v) is 13.4. The molecule has 8 rings (SSSR count). The Balaban J connectivity index is 0.000000188. The highest BCUT2D eigenvalue weighted by atomic mass is 31.2. The van der Waals surface area contributed by atoms with E-state index in [2.05, 4.69) is 243 Å². The molecule has 0 radical (unpaired) electrons. The second-order valence-electron chi connectivity index (χ2n) is 12.5. The molecule has 0 aromatic heterocycles. The van der Waals surface area contributed by atoms with Crippen LogP contribution < -0.4 is 23.6 Å². The zero-order chi connectivity index (χ0) is 38.4. The van der Waals surface area contributed by atoms with Crippen molar-refractivity contribution in [3.05, 3.63) is 243 Å². The summed E-state index contributed by atoms with van der Waals surface area (Å²) in [6, 6.07) is 85.5. The molecule has 0 aliphatic heterocycles. The predicted octanol–water partition coefficient (Wildman–Crippen LogP) is 11.3. The second kappa shape index (κ2) is 18.2. The molecule has 0 bridgehead atoms. The van der Waals surface area contributed by atoms with E-state index in [0.29, 0.717) is 8.97 Å². The SMILES string of the molecule is O=P([O-])([O-])[O-].[H+].c1ccc([N+](c2ccccc2)(c2ccccc2)c2ccccc2)cc1.c1ccc([N+](c2ccccc2)(c2ccccc2)c2ccccc2)cc1. The van der Waals surface area contributed by atoms with E-state index >= 15 is 0 Å². The Labute approximate surface area is 324 Å². The third-order valence-corrected chi connectivity index (χ3v) is 9.15. The van der Waals surface area contributed by atoms with Gasteiger partial charge in [0.1, 0.15) is 45.5 Å².